The third-order valence-corrected chi connectivity index (χ3v) is 3.70. The van der Waals surface area contributed by atoms with Crippen molar-refractivity contribution in [2.75, 3.05) is 20.6 Å². The van der Waals surface area contributed by atoms with E-state index < -0.39 is 5.60 Å². The van der Waals surface area contributed by atoms with E-state index >= 15 is 0 Å². The van der Waals surface area contributed by atoms with Crippen LogP contribution in [0.4, 0.5) is 0 Å². The lowest BCUT2D eigenvalue weighted by atomic mass is 9.95. The molecule has 0 bridgehead atoms. The minimum absolute atomic E-state index is 0.0928. The van der Waals surface area contributed by atoms with E-state index in [1.54, 1.807) is 25.1 Å². The monoisotopic (exact) mass is 298 g/mol. The van der Waals surface area contributed by atoms with E-state index in [1.807, 2.05) is 32.0 Å². The molecule has 1 rings (SSSR count). The zero-order valence-corrected chi connectivity index (χ0v) is 13.2. The highest BCUT2D eigenvalue weighted by Crippen LogP contribution is 2.27. The molecule has 4 nitrogen and oxygen atoms in total. The summed E-state index contributed by atoms with van der Waals surface area (Å²) in [6.45, 7) is 3.72. The van der Waals surface area contributed by atoms with E-state index in [4.69, 9.17) is 11.6 Å². The molecule has 1 aromatic carbocycles. The van der Waals surface area contributed by atoms with Gasteiger partial charge in [-0.2, -0.15) is 0 Å². The lowest BCUT2D eigenvalue weighted by molar-refractivity contribution is -0.126. The fraction of sp³-hybridized carbons (Fsp3) is 0.533. The SMILES string of the molecule is CCC(C(=O)NCC(C)(O)c1ccccc1Cl)N(C)C. The van der Waals surface area contributed by atoms with Crippen LogP contribution in [0.25, 0.3) is 0 Å². The fourth-order valence-corrected chi connectivity index (χ4v) is 2.49. The van der Waals surface area contributed by atoms with E-state index in [-0.39, 0.29) is 18.5 Å². The Morgan fingerprint density at radius 1 is 1.45 bits per heavy atom. The number of nitrogens with one attached hydrogen (secondary N) is 1. The second kappa shape index (κ2) is 7.07. The highest BCUT2D eigenvalue weighted by atomic mass is 35.5. The molecule has 112 valence electrons. The van der Waals surface area contributed by atoms with E-state index in [0.717, 1.165) is 0 Å². The predicted molar refractivity (Wildman–Crippen MR) is 81.8 cm³/mol. The molecular weight excluding hydrogens is 276 g/mol. The molecule has 5 heteroatoms. The van der Waals surface area contributed by atoms with Gasteiger partial charge >= 0.3 is 0 Å². The van der Waals surface area contributed by atoms with Gasteiger partial charge in [0.15, 0.2) is 0 Å². The molecule has 0 heterocycles. The van der Waals surface area contributed by atoms with Crippen molar-refractivity contribution in [1.82, 2.24) is 10.2 Å². The molecule has 0 saturated carbocycles. The molecule has 0 radical (unpaired) electrons. The topological polar surface area (TPSA) is 52.6 Å². The van der Waals surface area contributed by atoms with Crippen molar-refractivity contribution in [2.24, 2.45) is 0 Å². The Morgan fingerprint density at radius 2 is 2.05 bits per heavy atom. The molecule has 2 N–H and O–H groups in total. The first-order valence-electron chi connectivity index (χ1n) is 6.71. The van der Waals surface area contributed by atoms with E-state index in [2.05, 4.69) is 5.32 Å². The van der Waals surface area contributed by atoms with Crippen molar-refractivity contribution in [1.29, 1.82) is 0 Å². The molecule has 20 heavy (non-hydrogen) atoms. The fourth-order valence-electron chi connectivity index (χ4n) is 2.16. The maximum Gasteiger partial charge on any atom is 0.237 e. The number of carbonyl (C=O) groups is 1. The Hall–Kier alpha value is -1.10. The van der Waals surface area contributed by atoms with Crippen LogP contribution in [-0.2, 0) is 10.4 Å². The highest BCUT2D eigenvalue weighted by Gasteiger charge is 2.27. The second-order valence-electron chi connectivity index (χ2n) is 5.36. The average molecular weight is 299 g/mol. The van der Waals surface area contributed by atoms with Crippen LogP contribution in [0.5, 0.6) is 0 Å². The summed E-state index contributed by atoms with van der Waals surface area (Å²) < 4.78 is 0. The highest BCUT2D eigenvalue weighted by molar-refractivity contribution is 6.31. The van der Waals surface area contributed by atoms with Crippen molar-refractivity contribution < 1.29 is 9.90 Å². The number of nitrogens with zero attached hydrogens (tertiary/aromatic N) is 1. The van der Waals surface area contributed by atoms with E-state index in [1.165, 1.54) is 0 Å². The summed E-state index contributed by atoms with van der Waals surface area (Å²) in [5.74, 6) is -0.0928. The molecule has 0 saturated heterocycles. The van der Waals surface area contributed by atoms with E-state index in [0.29, 0.717) is 17.0 Å². The molecule has 0 spiro atoms. The minimum atomic E-state index is -1.20. The number of rotatable bonds is 6. The molecule has 0 aliphatic heterocycles. The van der Waals surface area contributed by atoms with Gasteiger partial charge in [-0.3, -0.25) is 9.69 Å². The zero-order chi connectivity index (χ0) is 15.3. The van der Waals surface area contributed by atoms with Gasteiger partial charge < -0.3 is 10.4 Å². The van der Waals surface area contributed by atoms with Gasteiger partial charge in [-0.15, -0.1) is 0 Å². The Morgan fingerprint density at radius 3 is 2.55 bits per heavy atom. The maximum absolute atomic E-state index is 12.1. The molecule has 2 atom stereocenters. The van der Waals surface area contributed by atoms with Crippen LogP contribution in [0.1, 0.15) is 25.8 Å². The summed E-state index contributed by atoms with van der Waals surface area (Å²) >= 11 is 6.08. The van der Waals surface area contributed by atoms with Crippen molar-refractivity contribution in [2.45, 2.75) is 31.9 Å². The van der Waals surface area contributed by atoms with Crippen molar-refractivity contribution in [3.63, 3.8) is 0 Å². The van der Waals surface area contributed by atoms with Crippen molar-refractivity contribution in [3.05, 3.63) is 34.9 Å². The van der Waals surface area contributed by atoms with Gasteiger partial charge in [-0.05, 0) is 33.5 Å². The maximum atomic E-state index is 12.1. The van der Waals surface area contributed by atoms with Crippen LogP contribution in [0.15, 0.2) is 24.3 Å². The van der Waals surface area contributed by atoms with Crippen LogP contribution in [0.3, 0.4) is 0 Å². The zero-order valence-electron chi connectivity index (χ0n) is 12.5. The van der Waals surface area contributed by atoms with Crippen LogP contribution in [0, 0.1) is 0 Å². The number of hydrogen-bond donors (Lipinski definition) is 2. The number of benzene rings is 1. The lowest BCUT2D eigenvalue weighted by Crippen LogP contribution is -2.47. The molecular formula is C15H23ClN2O2. The van der Waals surface area contributed by atoms with Crippen LogP contribution < -0.4 is 5.32 Å². The lowest BCUT2D eigenvalue weighted by Gasteiger charge is -2.28. The smallest absolute Gasteiger partial charge is 0.237 e. The molecule has 1 aromatic rings. The summed E-state index contributed by atoms with van der Waals surface area (Å²) in [4.78, 5) is 13.9. The van der Waals surface area contributed by atoms with Crippen molar-refractivity contribution in [3.8, 4) is 0 Å². The van der Waals surface area contributed by atoms with Crippen LogP contribution in [0.2, 0.25) is 5.02 Å². The predicted octanol–water partition coefficient (Wildman–Crippen LogP) is 2.00. The Balaban J connectivity index is 2.73. The quantitative estimate of drug-likeness (QED) is 0.845. The molecule has 2 unspecified atom stereocenters. The number of amides is 1. The number of hydrogen-bond acceptors (Lipinski definition) is 3. The van der Waals surface area contributed by atoms with E-state index in [9.17, 15) is 9.90 Å². The number of halogens is 1. The third kappa shape index (κ3) is 4.20. The van der Waals surface area contributed by atoms with Gasteiger partial charge in [0.1, 0.15) is 5.60 Å². The van der Waals surface area contributed by atoms with Crippen LogP contribution in [-0.4, -0.2) is 42.6 Å². The summed E-state index contributed by atoms with van der Waals surface area (Å²) in [5, 5.41) is 13.8. The Labute approximate surface area is 125 Å². The first-order valence-corrected chi connectivity index (χ1v) is 7.09. The van der Waals surface area contributed by atoms with Gasteiger partial charge in [0, 0.05) is 10.6 Å². The van der Waals surface area contributed by atoms with Gasteiger partial charge in [0.25, 0.3) is 0 Å². The standard InChI is InChI=1S/C15H23ClN2O2/c1-5-13(18(3)4)14(19)17-10-15(2,20)11-8-6-7-9-12(11)16/h6-9,13,20H,5,10H2,1-4H3,(H,17,19). The van der Waals surface area contributed by atoms with Crippen LogP contribution >= 0.6 is 11.6 Å². The first kappa shape index (κ1) is 17.0. The molecule has 0 aromatic heterocycles. The number of aliphatic hydroxyl groups is 1. The molecule has 0 fully saturated rings. The summed E-state index contributed by atoms with van der Waals surface area (Å²) in [5.41, 5.74) is -0.585. The Kier molecular flexibility index (Phi) is 5.99. The summed E-state index contributed by atoms with van der Waals surface area (Å²) in [6.07, 6.45) is 0.715. The van der Waals surface area contributed by atoms with Gasteiger partial charge in [0.2, 0.25) is 5.91 Å². The molecule has 1 amide bonds. The number of carbonyl (C=O) groups excluding carboxylic acids is 1. The minimum Gasteiger partial charge on any atom is -0.384 e. The van der Waals surface area contributed by atoms with Gasteiger partial charge in [0.05, 0.1) is 12.6 Å². The average Bonchev–Trinajstić information content (AvgIpc) is 2.37. The molecule has 0 aliphatic carbocycles. The summed E-state index contributed by atoms with van der Waals surface area (Å²) in [7, 11) is 3.72. The van der Waals surface area contributed by atoms with Gasteiger partial charge in [-0.25, -0.2) is 0 Å². The number of likely N-dealkylation sites (N-methyl/N-ethyl adjacent to an activating group) is 1. The Bertz CT molecular complexity index is 461. The second-order valence-corrected chi connectivity index (χ2v) is 5.77. The summed E-state index contributed by atoms with van der Waals surface area (Å²) in [6, 6.07) is 6.91. The normalized spacial score (nSPS) is 15.8. The molecule has 0 aliphatic rings. The van der Waals surface area contributed by atoms with Gasteiger partial charge in [-0.1, -0.05) is 36.7 Å². The first-order chi connectivity index (χ1) is 9.29. The van der Waals surface area contributed by atoms with Crippen molar-refractivity contribution >= 4 is 17.5 Å². The largest absolute Gasteiger partial charge is 0.384 e. The third-order valence-electron chi connectivity index (χ3n) is 3.37.